The molecule has 1 N–H and O–H groups in total. The van der Waals surface area contributed by atoms with Crippen LogP contribution in [0.2, 0.25) is 0 Å². The Kier molecular flexibility index (Phi) is 6.01. The van der Waals surface area contributed by atoms with Crippen LogP contribution >= 0.6 is 0 Å². The van der Waals surface area contributed by atoms with Gasteiger partial charge in [0.2, 0.25) is 5.91 Å². The van der Waals surface area contributed by atoms with E-state index in [0.717, 1.165) is 40.4 Å². The monoisotopic (exact) mass is 367 g/mol. The molecule has 0 saturated carbocycles. The molecule has 0 aliphatic carbocycles. The Hall–Kier alpha value is -2.95. The molecular formula is C22H25NO4. The molecule has 27 heavy (non-hydrogen) atoms. The highest BCUT2D eigenvalue weighted by Gasteiger charge is 2.21. The van der Waals surface area contributed by atoms with Crippen LogP contribution in [0.1, 0.15) is 30.5 Å². The number of amides is 1. The van der Waals surface area contributed by atoms with Crippen molar-refractivity contribution in [3.63, 3.8) is 0 Å². The molecule has 2 aromatic rings. The number of nitrogens with one attached hydrogen (secondary N) is 1. The van der Waals surface area contributed by atoms with Gasteiger partial charge in [0.15, 0.2) is 0 Å². The van der Waals surface area contributed by atoms with Crippen molar-refractivity contribution >= 4 is 12.0 Å². The Labute approximate surface area is 159 Å². The molecule has 2 aromatic carbocycles. The summed E-state index contributed by atoms with van der Waals surface area (Å²) in [6.45, 7) is 5.01. The van der Waals surface area contributed by atoms with Crippen LogP contribution in [0.25, 0.3) is 6.08 Å². The fourth-order valence-electron chi connectivity index (χ4n) is 3.02. The summed E-state index contributed by atoms with van der Waals surface area (Å²) in [5.41, 5.74) is 2.99. The highest BCUT2D eigenvalue weighted by atomic mass is 16.5. The predicted molar refractivity (Wildman–Crippen MR) is 105 cm³/mol. The average Bonchev–Trinajstić information content (AvgIpc) is 3.04. The summed E-state index contributed by atoms with van der Waals surface area (Å²) in [6, 6.07) is 11.5. The molecule has 3 rings (SSSR count). The summed E-state index contributed by atoms with van der Waals surface area (Å²) in [5, 5.41) is 2.88. The van der Waals surface area contributed by atoms with Crippen LogP contribution in [0.4, 0.5) is 0 Å². The molecule has 0 bridgehead atoms. The van der Waals surface area contributed by atoms with Crippen molar-refractivity contribution in [1.82, 2.24) is 5.32 Å². The zero-order chi connectivity index (χ0) is 19.2. The number of hydrogen-bond acceptors (Lipinski definition) is 4. The summed E-state index contributed by atoms with van der Waals surface area (Å²) in [4.78, 5) is 12.2. The molecule has 5 heteroatoms. The number of fused-ring (bicyclic) bond motifs is 1. The minimum absolute atomic E-state index is 0.164. The quantitative estimate of drug-likeness (QED) is 0.758. The predicted octanol–water partition coefficient (Wildman–Crippen LogP) is 3.75. The van der Waals surface area contributed by atoms with Crippen molar-refractivity contribution in [2.75, 3.05) is 13.7 Å². The van der Waals surface area contributed by atoms with Crippen LogP contribution in [0, 0.1) is 0 Å². The Morgan fingerprint density at radius 3 is 2.78 bits per heavy atom. The van der Waals surface area contributed by atoms with Gasteiger partial charge < -0.3 is 19.5 Å². The van der Waals surface area contributed by atoms with E-state index in [1.165, 1.54) is 6.08 Å². The van der Waals surface area contributed by atoms with E-state index in [-0.39, 0.29) is 12.0 Å². The highest BCUT2D eigenvalue weighted by Crippen LogP contribution is 2.35. The highest BCUT2D eigenvalue weighted by molar-refractivity contribution is 5.92. The van der Waals surface area contributed by atoms with E-state index in [0.29, 0.717) is 13.2 Å². The van der Waals surface area contributed by atoms with Gasteiger partial charge in [0, 0.05) is 30.2 Å². The lowest BCUT2D eigenvalue weighted by Gasteiger charge is -2.10. The van der Waals surface area contributed by atoms with Gasteiger partial charge in [-0.05, 0) is 49.8 Å². The molecule has 1 atom stereocenters. The van der Waals surface area contributed by atoms with E-state index in [9.17, 15) is 4.79 Å². The molecule has 1 aliphatic heterocycles. The number of carbonyl (C=O) groups is 1. The zero-order valence-electron chi connectivity index (χ0n) is 16.0. The lowest BCUT2D eigenvalue weighted by atomic mass is 10.1. The number of benzene rings is 2. The standard InChI is InChI=1S/C22H25NO4/c1-4-26-20-13-18-11-15(2)27-21(18)12-17(20)7-10-22(24)23-14-16-5-8-19(25-3)9-6-16/h5-10,12-13,15H,4,11,14H2,1-3H3,(H,23,24)/b10-7+. The summed E-state index contributed by atoms with van der Waals surface area (Å²) >= 11 is 0. The first kappa shape index (κ1) is 18.8. The van der Waals surface area contributed by atoms with E-state index < -0.39 is 0 Å². The molecule has 5 nitrogen and oxygen atoms in total. The number of hydrogen-bond donors (Lipinski definition) is 1. The van der Waals surface area contributed by atoms with Crippen LogP contribution in [-0.4, -0.2) is 25.7 Å². The van der Waals surface area contributed by atoms with Crippen molar-refractivity contribution in [2.45, 2.75) is 32.9 Å². The van der Waals surface area contributed by atoms with E-state index in [1.54, 1.807) is 13.2 Å². The molecule has 0 fully saturated rings. The summed E-state index contributed by atoms with van der Waals surface area (Å²) in [6.07, 6.45) is 4.33. The van der Waals surface area contributed by atoms with Crippen LogP contribution in [0.5, 0.6) is 17.2 Å². The maximum absolute atomic E-state index is 12.2. The number of methoxy groups -OCH3 is 1. The van der Waals surface area contributed by atoms with Gasteiger partial charge in [-0.3, -0.25) is 4.79 Å². The maximum Gasteiger partial charge on any atom is 0.244 e. The van der Waals surface area contributed by atoms with Crippen molar-refractivity contribution in [2.24, 2.45) is 0 Å². The van der Waals surface area contributed by atoms with Crippen molar-refractivity contribution in [3.8, 4) is 17.2 Å². The fourth-order valence-corrected chi connectivity index (χ4v) is 3.02. The smallest absolute Gasteiger partial charge is 0.244 e. The second-order valence-corrected chi connectivity index (χ2v) is 6.46. The SMILES string of the molecule is CCOc1cc2c(cc1/C=C/C(=O)NCc1ccc(OC)cc1)OC(C)C2. The molecule has 0 spiro atoms. The van der Waals surface area contributed by atoms with Gasteiger partial charge in [-0.25, -0.2) is 0 Å². The molecule has 0 radical (unpaired) electrons. The molecule has 1 amide bonds. The largest absolute Gasteiger partial charge is 0.497 e. The van der Waals surface area contributed by atoms with Crippen LogP contribution in [0.3, 0.4) is 0 Å². The molecule has 1 unspecified atom stereocenters. The Balaban J connectivity index is 1.65. The lowest BCUT2D eigenvalue weighted by molar-refractivity contribution is -0.116. The molecule has 1 heterocycles. The summed E-state index contributed by atoms with van der Waals surface area (Å²) in [7, 11) is 1.63. The normalized spacial score (nSPS) is 15.3. The van der Waals surface area contributed by atoms with Crippen LogP contribution < -0.4 is 19.5 Å². The average molecular weight is 367 g/mol. The third-order valence-corrected chi connectivity index (χ3v) is 4.37. The first-order chi connectivity index (χ1) is 13.1. The third kappa shape index (κ3) is 4.82. The van der Waals surface area contributed by atoms with Crippen LogP contribution in [0.15, 0.2) is 42.5 Å². The minimum atomic E-state index is -0.164. The summed E-state index contributed by atoms with van der Waals surface area (Å²) < 4.78 is 16.7. The van der Waals surface area contributed by atoms with Gasteiger partial charge in [-0.1, -0.05) is 12.1 Å². The van der Waals surface area contributed by atoms with Gasteiger partial charge >= 0.3 is 0 Å². The van der Waals surface area contributed by atoms with E-state index in [1.807, 2.05) is 50.2 Å². The van der Waals surface area contributed by atoms with Gasteiger partial charge in [-0.15, -0.1) is 0 Å². The molecule has 1 aliphatic rings. The second kappa shape index (κ2) is 8.62. The Morgan fingerprint density at radius 1 is 1.30 bits per heavy atom. The van der Waals surface area contributed by atoms with E-state index in [4.69, 9.17) is 14.2 Å². The van der Waals surface area contributed by atoms with E-state index in [2.05, 4.69) is 5.32 Å². The molecule has 0 saturated heterocycles. The van der Waals surface area contributed by atoms with Gasteiger partial charge in [0.1, 0.15) is 23.4 Å². The molecule has 0 aromatic heterocycles. The third-order valence-electron chi connectivity index (χ3n) is 4.37. The minimum Gasteiger partial charge on any atom is -0.497 e. The Morgan fingerprint density at radius 2 is 2.07 bits per heavy atom. The first-order valence-electron chi connectivity index (χ1n) is 9.14. The van der Waals surface area contributed by atoms with Crippen molar-refractivity contribution in [1.29, 1.82) is 0 Å². The maximum atomic E-state index is 12.2. The second-order valence-electron chi connectivity index (χ2n) is 6.46. The van der Waals surface area contributed by atoms with Gasteiger partial charge in [-0.2, -0.15) is 0 Å². The van der Waals surface area contributed by atoms with Crippen LogP contribution in [-0.2, 0) is 17.8 Å². The van der Waals surface area contributed by atoms with Crippen molar-refractivity contribution in [3.05, 3.63) is 59.2 Å². The fraction of sp³-hybridized carbons (Fsp3) is 0.318. The van der Waals surface area contributed by atoms with Gasteiger partial charge in [0.25, 0.3) is 0 Å². The summed E-state index contributed by atoms with van der Waals surface area (Å²) in [5.74, 6) is 2.27. The number of rotatable bonds is 7. The zero-order valence-corrected chi connectivity index (χ0v) is 16.0. The molecular weight excluding hydrogens is 342 g/mol. The lowest BCUT2D eigenvalue weighted by Crippen LogP contribution is -2.20. The Bertz CT molecular complexity index is 827. The number of ether oxygens (including phenoxy) is 3. The number of carbonyl (C=O) groups excluding carboxylic acids is 1. The topological polar surface area (TPSA) is 56.8 Å². The first-order valence-corrected chi connectivity index (χ1v) is 9.14. The van der Waals surface area contributed by atoms with E-state index >= 15 is 0 Å². The van der Waals surface area contributed by atoms with Crippen molar-refractivity contribution < 1.29 is 19.0 Å². The van der Waals surface area contributed by atoms with Gasteiger partial charge in [0.05, 0.1) is 13.7 Å². The molecule has 142 valence electrons.